The van der Waals surface area contributed by atoms with Gasteiger partial charge in [-0.2, -0.15) is 13.2 Å². The molecule has 0 radical (unpaired) electrons. The Bertz CT molecular complexity index is 236. The number of aliphatic hydroxyl groups excluding tert-OH is 1. The first kappa shape index (κ1) is 16.1. The number of alkyl halides is 3. The number of methoxy groups -OCH3 is 1. The van der Waals surface area contributed by atoms with Crippen molar-refractivity contribution in [3.63, 3.8) is 0 Å². The van der Waals surface area contributed by atoms with Crippen LogP contribution in [0.4, 0.5) is 13.2 Å². The second-order valence-corrected chi connectivity index (χ2v) is 3.56. The third kappa shape index (κ3) is 7.94. The molecule has 0 aliphatic rings. The molecule has 2 unspecified atom stereocenters. The van der Waals surface area contributed by atoms with Crippen molar-refractivity contribution in [3.05, 3.63) is 0 Å². The quantitative estimate of drug-likeness (QED) is 0.584. The molecule has 0 fully saturated rings. The maximum atomic E-state index is 11.8. The molecule has 1 amide bonds. The first-order valence-electron chi connectivity index (χ1n) is 5.00. The Labute approximate surface area is 97.3 Å². The van der Waals surface area contributed by atoms with E-state index in [0.29, 0.717) is 0 Å². The van der Waals surface area contributed by atoms with Crippen molar-refractivity contribution in [2.24, 2.45) is 0 Å². The van der Waals surface area contributed by atoms with Crippen LogP contribution in [0.15, 0.2) is 0 Å². The molecule has 0 rings (SSSR count). The van der Waals surface area contributed by atoms with Crippen LogP contribution in [-0.4, -0.2) is 56.1 Å². The van der Waals surface area contributed by atoms with Gasteiger partial charge >= 0.3 is 6.18 Å². The summed E-state index contributed by atoms with van der Waals surface area (Å²) in [6.45, 7) is -0.0753. The van der Waals surface area contributed by atoms with E-state index in [1.807, 2.05) is 0 Å². The molecular weight excluding hydrogens is 241 g/mol. The summed E-state index contributed by atoms with van der Waals surface area (Å²) in [7, 11) is 1.42. The zero-order valence-electron chi connectivity index (χ0n) is 9.67. The molecule has 17 heavy (non-hydrogen) atoms. The summed E-state index contributed by atoms with van der Waals surface area (Å²) in [5.74, 6) is -0.781. The lowest BCUT2D eigenvalue weighted by Gasteiger charge is -2.20. The molecular formula is C9H17F3N2O3. The topological polar surface area (TPSA) is 70.6 Å². The summed E-state index contributed by atoms with van der Waals surface area (Å²) in [5.41, 5.74) is 0. The predicted molar refractivity (Wildman–Crippen MR) is 54.4 cm³/mol. The molecule has 0 aromatic rings. The van der Waals surface area contributed by atoms with E-state index in [2.05, 4.69) is 5.32 Å². The average Bonchev–Trinajstić information content (AvgIpc) is 2.23. The van der Waals surface area contributed by atoms with Gasteiger partial charge in [0, 0.05) is 7.11 Å². The minimum absolute atomic E-state index is 0.160. The Kier molecular flexibility index (Phi) is 7.09. The van der Waals surface area contributed by atoms with Crippen LogP contribution in [0, 0.1) is 0 Å². The Balaban J connectivity index is 4.03. The lowest BCUT2D eigenvalue weighted by atomic mass is 10.2. The number of nitrogens with one attached hydrogen (secondary N) is 2. The normalized spacial score (nSPS) is 15.4. The van der Waals surface area contributed by atoms with Crippen LogP contribution in [0.3, 0.4) is 0 Å². The maximum Gasteiger partial charge on any atom is 0.405 e. The SMILES string of the molecule is COCC(CO)NC(C)C(=O)NCC(F)(F)F. The highest BCUT2D eigenvalue weighted by atomic mass is 19.4. The molecule has 0 heterocycles. The molecule has 3 N–H and O–H groups in total. The van der Waals surface area contributed by atoms with Crippen molar-refractivity contribution < 1.29 is 27.8 Å². The summed E-state index contributed by atoms with van der Waals surface area (Å²) in [5, 5.41) is 13.3. The van der Waals surface area contributed by atoms with Crippen LogP contribution < -0.4 is 10.6 Å². The van der Waals surface area contributed by atoms with Crippen LogP contribution in [0.1, 0.15) is 6.92 Å². The number of rotatable bonds is 7. The van der Waals surface area contributed by atoms with Gasteiger partial charge in [0.2, 0.25) is 5.91 Å². The lowest BCUT2D eigenvalue weighted by molar-refractivity contribution is -0.139. The van der Waals surface area contributed by atoms with E-state index in [1.54, 1.807) is 5.32 Å². The minimum Gasteiger partial charge on any atom is -0.395 e. The Morgan fingerprint density at radius 3 is 2.47 bits per heavy atom. The molecule has 0 bridgehead atoms. The summed E-state index contributed by atoms with van der Waals surface area (Å²) < 4.78 is 40.3. The summed E-state index contributed by atoms with van der Waals surface area (Å²) in [6, 6.07) is -1.34. The molecule has 0 saturated carbocycles. The van der Waals surface area contributed by atoms with Crippen molar-refractivity contribution in [3.8, 4) is 0 Å². The van der Waals surface area contributed by atoms with E-state index >= 15 is 0 Å². The van der Waals surface area contributed by atoms with E-state index in [0.717, 1.165) is 0 Å². The van der Waals surface area contributed by atoms with Gasteiger partial charge in [-0.15, -0.1) is 0 Å². The molecule has 0 aliphatic carbocycles. The Morgan fingerprint density at radius 2 is 2.06 bits per heavy atom. The standard InChI is InChI=1S/C9H17F3N2O3/c1-6(14-7(3-15)4-17-2)8(16)13-5-9(10,11)12/h6-7,14-15H,3-5H2,1-2H3,(H,13,16). The number of hydrogen-bond donors (Lipinski definition) is 3. The molecule has 0 aromatic heterocycles. The highest BCUT2D eigenvalue weighted by molar-refractivity contribution is 5.81. The number of amides is 1. The van der Waals surface area contributed by atoms with E-state index in [-0.39, 0.29) is 13.2 Å². The number of hydrogen-bond acceptors (Lipinski definition) is 4. The van der Waals surface area contributed by atoms with Gasteiger partial charge in [0.1, 0.15) is 6.54 Å². The van der Waals surface area contributed by atoms with Gasteiger partial charge < -0.3 is 15.2 Å². The largest absolute Gasteiger partial charge is 0.405 e. The van der Waals surface area contributed by atoms with Crippen molar-refractivity contribution in [2.45, 2.75) is 25.2 Å². The molecule has 0 aliphatic heterocycles. The molecule has 8 heteroatoms. The predicted octanol–water partition coefficient (Wildman–Crippen LogP) is -0.350. The van der Waals surface area contributed by atoms with Crippen molar-refractivity contribution in [1.82, 2.24) is 10.6 Å². The van der Waals surface area contributed by atoms with Crippen LogP contribution in [-0.2, 0) is 9.53 Å². The minimum atomic E-state index is -4.43. The fraction of sp³-hybridized carbons (Fsp3) is 0.889. The van der Waals surface area contributed by atoms with E-state index < -0.39 is 30.7 Å². The third-order valence-electron chi connectivity index (χ3n) is 1.93. The molecule has 2 atom stereocenters. The first-order valence-corrected chi connectivity index (χ1v) is 5.00. The number of halogens is 3. The highest BCUT2D eigenvalue weighted by Gasteiger charge is 2.29. The monoisotopic (exact) mass is 258 g/mol. The van der Waals surface area contributed by atoms with Crippen LogP contribution in [0.5, 0.6) is 0 Å². The number of carbonyl (C=O) groups excluding carboxylic acids is 1. The van der Waals surface area contributed by atoms with Gasteiger partial charge in [0.05, 0.1) is 25.3 Å². The zero-order chi connectivity index (χ0) is 13.5. The van der Waals surface area contributed by atoms with Crippen LogP contribution >= 0.6 is 0 Å². The fourth-order valence-electron chi connectivity index (χ4n) is 1.12. The van der Waals surface area contributed by atoms with Gasteiger partial charge in [-0.3, -0.25) is 10.1 Å². The molecule has 0 spiro atoms. The Morgan fingerprint density at radius 1 is 1.47 bits per heavy atom. The van der Waals surface area contributed by atoms with Gasteiger partial charge in [0.15, 0.2) is 0 Å². The van der Waals surface area contributed by atoms with Crippen molar-refractivity contribution in [1.29, 1.82) is 0 Å². The van der Waals surface area contributed by atoms with Gasteiger partial charge in [-0.05, 0) is 6.92 Å². The zero-order valence-corrected chi connectivity index (χ0v) is 9.67. The van der Waals surface area contributed by atoms with Crippen LogP contribution in [0.2, 0.25) is 0 Å². The third-order valence-corrected chi connectivity index (χ3v) is 1.93. The molecule has 5 nitrogen and oxygen atoms in total. The highest BCUT2D eigenvalue weighted by Crippen LogP contribution is 2.12. The van der Waals surface area contributed by atoms with Gasteiger partial charge in [-0.1, -0.05) is 0 Å². The van der Waals surface area contributed by atoms with E-state index in [1.165, 1.54) is 14.0 Å². The van der Waals surface area contributed by atoms with E-state index in [4.69, 9.17) is 9.84 Å². The average molecular weight is 258 g/mol. The van der Waals surface area contributed by atoms with Crippen molar-refractivity contribution in [2.75, 3.05) is 26.9 Å². The molecule has 0 aromatic carbocycles. The van der Waals surface area contributed by atoms with Gasteiger partial charge in [0.25, 0.3) is 0 Å². The number of ether oxygens (including phenoxy) is 1. The Hall–Kier alpha value is -0.860. The second-order valence-electron chi connectivity index (χ2n) is 3.56. The molecule has 0 saturated heterocycles. The summed E-state index contributed by atoms with van der Waals surface area (Å²) in [4.78, 5) is 11.2. The van der Waals surface area contributed by atoms with Gasteiger partial charge in [-0.25, -0.2) is 0 Å². The first-order chi connectivity index (χ1) is 7.80. The smallest absolute Gasteiger partial charge is 0.395 e. The number of aliphatic hydroxyl groups is 1. The van der Waals surface area contributed by atoms with E-state index in [9.17, 15) is 18.0 Å². The second kappa shape index (κ2) is 7.46. The fourth-order valence-corrected chi connectivity index (χ4v) is 1.12. The summed E-state index contributed by atoms with van der Waals surface area (Å²) in [6.07, 6.45) is -4.43. The molecule has 102 valence electrons. The summed E-state index contributed by atoms with van der Waals surface area (Å²) >= 11 is 0. The lowest BCUT2D eigenvalue weighted by Crippen LogP contribution is -2.50. The van der Waals surface area contributed by atoms with Crippen molar-refractivity contribution >= 4 is 5.91 Å². The number of carbonyl (C=O) groups is 1. The van der Waals surface area contributed by atoms with Crippen LogP contribution in [0.25, 0.3) is 0 Å². The maximum absolute atomic E-state index is 11.8.